The van der Waals surface area contributed by atoms with Gasteiger partial charge in [0.1, 0.15) is 19.8 Å². The second kappa shape index (κ2) is 11.4. The van der Waals surface area contributed by atoms with Crippen molar-refractivity contribution in [1.29, 1.82) is 0 Å². The first kappa shape index (κ1) is 30.7. The Bertz CT molecular complexity index is 1620. The van der Waals surface area contributed by atoms with Gasteiger partial charge in [-0.1, -0.05) is 0 Å². The molecule has 260 valence electrons. The molecule has 4 heterocycles. The van der Waals surface area contributed by atoms with Gasteiger partial charge in [0, 0.05) is 11.8 Å². The lowest BCUT2D eigenvalue weighted by Gasteiger charge is -2.25. The van der Waals surface area contributed by atoms with E-state index >= 15 is 0 Å². The van der Waals surface area contributed by atoms with Gasteiger partial charge in [0.2, 0.25) is 0 Å². The molecule has 5 saturated carbocycles. The minimum absolute atomic E-state index is 0.108. The first-order valence-electron chi connectivity index (χ1n) is 17.6. The van der Waals surface area contributed by atoms with E-state index in [4.69, 9.17) is 28.4 Å². The van der Waals surface area contributed by atoms with Gasteiger partial charge in [0.25, 0.3) is 0 Å². The lowest BCUT2D eigenvalue weighted by molar-refractivity contribution is -0.156. The van der Waals surface area contributed by atoms with Crippen molar-refractivity contribution < 1.29 is 42.8 Å². The highest BCUT2D eigenvalue weighted by Crippen LogP contribution is 2.60. The quantitative estimate of drug-likeness (QED) is 0.158. The summed E-state index contributed by atoms with van der Waals surface area (Å²) in [7, 11) is 0. The van der Waals surface area contributed by atoms with Crippen molar-refractivity contribution >= 4 is 17.9 Å². The lowest BCUT2D eigenvalue weighted by atomic mass is 9.89. The Labute approximate surface area is 274 Å². The highest BCUT2D eigenvalue weighted by Gasteiger charge is 2.66. The van der Waals surface area contributed by atoms with Crippen LogP contribution in [0.15, 0.2) is 14.4 Å². The third-order valence-electron chi connectivity index (χ3n) is 12.8. The summed E-state index contributed by atoms with van der Waals surface area (Å²) < 4.78 is 36.2. The maximum absolute atomic E-state index is 13.5. The van der Waals surface area contributed by atoms with Crippen LogP contribution in [0.25, 0.3) is 0 Å². The normalized spacial score (nSPS) is 41.7. The number of hydrogen-bond acceptors (Lipinski definition) is 12. The van der Waals surface area contributed by atoms with Crippen LogP contribution < -0.4 is 17.1 Å². The second-order valence-electron chi connectivity index (χ2n) is 15.2. The fourth-order valence-electron chi connectivity index (χ4n) is 10.2. The predicted octanol–water partition coefficient (Wildman–Crippen LogP) is -0.538. The van der Waals surface area contributed by atoms with Crippen molar-refractivity contribution in [2.75, 3.05) is 19.8 Å². The molecule has 0 amide bonds. The number of ether oxygens (including phenoxy) is 6. The number of fused-ring (bicyclic) bond motifs is 12. The molecule has 3 aliphatic heterocycles. The van der Waals surface area contributed by atoms with Crippen molar-refractivity contribution in [3.05, 3.63) is 31.5 Å². The minimum Gasteiger partial charge on any atom is -0.464 e. The van der Waals surface area contributed by atoms with Crippen LogP contribution in [-0.4, -0.2) is 88.1 Å². The van der Waals surface area contributed by atoms with E-state index in [1.54, 1.807) is 0 Å². The lowest BCUT2D eigenvalue weighted by Crippen LogP contribution is -2.55. The monoisotopic (exact) mass is 671 g/mol. The van der Waals surface area contributed by atoms with Crippen LogP contribution in [0.4, 0.5) is 0 Å². The van der Waals surface area contributed by atoms with Crippen molar-refractivity contribution in [3.63, 3.8) is 0 Å². The molecule has 8 fully saturated rings. The smallest absolute Gasteiger partial charge is 0.336 e. The standard InChI is InChI=1S/C33H41N3O12/c1-14-15-8-22(23(13-15)46-14)30(39)45-7-4-36-32(41)34(2-5-43-28(37)20-11-16-9-18(20)26-24(16)47-26)31(40)35(33(36)42)3-6-44-29(38)21-12-17-10-19(21)27-25(17)48-27/h14-27H,2-13H2,1H3. The molecule has 3 saturated heterocycles. The number of aromatic nitrogens is 3. The Morgan fingerprint density at radius 3 is 1.33 bits per heavy atom. The van der Waals surface area contributed by atoms with Crippen molar-refractivity contribution in [3.8, 4) is 0 Å². The molecule has 0 aromatic carbocycles. The average molecular weight is 672 g/mol. The van der Waals surface area contributed by atoms with E-state index in [1.165, 1.54) is 0 Å². The summed E-state index contributed by atoms with van der Waals surface area (Å²) in [5.41, 5.74) is -2.71. The molecule has 1 aromatic heterocycles. The minimum atomic E-state index is -0.905. The molecule has 15 nitrogen and oxygen atoms in total. The molecule has 15 heteroatoms. The van der Waals surface area contributed by atoms with Crippen LogP contribution in [0.3, 0.4) is 0 Å². The highest BCUT2D eigenvalue weighted by molar-refractivity contribution is 5.75. The summed E-state index contributed by atoms with van der Waals surface area (Å²) >= 11 is 0. The van der Waals surface area contributed by atoms with E-state index in [1.807, 2.05) is 6.92 Å². The number of hydrogen-bond donors (Lipinski definition) is 0. The summed E-state index contributed by atoms with van der Waals surface area (Å²) in [5, 5.41) is 0. The molecule has 48 heavy (non-hydrogen) atoms. The molecular weight excluding hydrogens is 630 g/mol. The first-order chi connectivity index (χ1) is 23.2. The van der Waals surface area contributed by atoms with Crippen LogP contribution in [0, 0.1) is 47.3 Å². The molecule has 5 aliphatic carbocycles. The van der Waals surface area contributed by atoms with Gasteiger partial charge >= 0.3 is 35.0 Å². The maximum Gasteiger partial charge on any atom is 0.336 e. The zero-order valence-electron chi connectivity index (χ0n) is 26.8. The Hall–Kier alpha value is -3.30. The van der Waals surface area contributed by atoms with Gasteiger partial charge in [-0.25, -0.2) is 28.1 Å². The Morgan fingerprint density at radius 1 is 0.562 bits per heavy atom. The summed E-state index contributed by atoms with van der Waals surface area (Å²) in [4.78, 5) is 79.1. The summed E-state index contributed by atoms with van der Waals surface area (Å²) in [5.74, 6) is -0.760. The van der Waals surface area contributed by atoms with Crippen molar-refractivity contribution in [1.82, 2.24) is 13.7 Å². The number of esters is 3. The zero-order chi connectivity index (χ0) is 33.0. The van der Waals surface area contributed by atoms with Gasteiger partial charge in [-0.3, -0.25) is 14.4 Å². The number of nitrogens with zero attached hydrogens (tertiary/aromatic N) is 3. The number of carbonyl (C=O) groups is 3. The van der Waals surface area contributed by atoms with Crippen LogP contribution in [0.2, 0.25) is 0 Å². The molecule has 0 N–H and O–H groups in total. The summed E-state index contributed by atoms with van der Waals surface area (Å²) in [6.45, 7) is 0.408. The third kappa shape index (κ3) is 4.93. The highest BCUT2D eigenvalue weighted by atomic mass is 16.6. The second-order valence-corrected chi connectivity index (χ2v) is 15.2. The van der Waals surface area contributed by atoms with E-state index in [9.17, 15) is 28.8 Å². The van der Waals surface area contributed by atoms with E-state index in [-0.39, 0.29) is 112 Å². The number of epoxide rings is 2. The zero-order valence-corrected chi connectivity index (χ0v) is 26.8. The topological polar surface area (TPSA) is 179 Å². The molecule has 6 bridgehead atoms. The van der Waals surface area contributed by atoms with E-state index in [0.717, 1.165) is 33.0 Å². The largest absolute Gasteiger partial charge is 0.464 e. The fraction of sp³-hybridized carbons (Fsp3) is 0.818. The Kier molecular flexibility index (Phi) is 7.28. The third-order valence-corrected chi connectivity index (χ3v) is 12.8. The fourth-order valence-corrected chi connectivity index (χ4v) is 10.2. The van der Waals surface area contributed by atoms with Crippen LogP contribution in [0.1, 0.15) is 45.4 Å². The van der Waals surface area contributed by atoms with Crippen LogP contribution in [0.5, 0.6) is 0 Å². The predicted molar refractivity (Wildman–Crippen MR) is 159 cm³/mol. The van der Waals surface area contributed by atoms with Crippen LogP contribution >= 0.6 is 0 Å². The van der Waals surface area contributed by atoms with Crippen molar-refractivity contribution in [2.45, 2.75) is 102 Å². The molecular formula is C33H41N3O12. The van der Waals surface area contributed by atoms with Gasteiger partial charge < -0.3 is 28.4 Å². The van der Waals surface area contributed by atoms with E-state index in [2.05, 4.69) is 0 Å². The number of carbonyl (C=O) groups excluding carboxylic acids is 3. The maximum atomic E-state index is 13.5. The average Bonchev–Trinajstić information content (AvgIpc) is 3.65. The molecule has 9 rings (SSSR count). The van der Waals surface area contributed by atoms with Gasteiger partial charge in [0.15, 0.2) is 0 Å². The van der Waals surface area contributed by atoms with Crippen molar-refractivity contribution in [2.24, 2.45) is 47.3 Å². The Balaban J connectivity index is 0.872. The molecule has 1 aromatic rings. The molecule has 0 spiro atoms. The van der Waals surface area contributed by atoms with Gasteiger partial charge in [-0.15, -0.1) is 0 Å². The van der Waals surface area contributed by atoms with E-state index in [0.29, 0.717) is 37.0 Å². The van der Waals surface area contributed by atoms with Gasteiger partial charge in [-0.2, -0.15) is 0 Å². The Morgan fingerprint density at radius 2 is 0.979 bits per heavy atom. The molecule has 0 radical (unpaired) electrons. The van der Waals surface area contributed by atoms with Gasteiger partial charge in [-0.05, 0) is 63.2 Å². The summed E-state index contributed by atoms with van der Waals surface area (Å²) in [6.07, 6.45) is 5.52. The molecule has 8 aliphatic rings. The van der Waals surface area contributed by atoms with Crippen LogP contribution in [-0.2, 0) is 62.4 Å². The SMILES string of the molecule is CC1OC2CC1CC2C(=O)OCCn1c(=O)n(CCOC(=O)C2CC3CC2C2OC32)c(=O)n(CCOC(=O)C2CC3CC2C2OC32)c1=O. The van der Waals surface area contributed by atoms with Gasteiger partial charge in [0.05, 0.1) is 74.0 Å². The molecule has 14 atom stereocenters. The number of rotatable bonds is 12. The summed E-state index contributed by atoms with van der Waals surface area (Å²) in [6, 6.07) is 0. The first-order valence-corrected chi connectivity index (χ1v) is 17.6. The molecule has 14 unspecified atom stereocenters. The van der Waals surface area contributed by atoms with E-state index < -0.39 is 29.0 Å².